The Hall–Kier alpha value is -1.49. The van der Waals surface area contributed by atoms with E-state index in [-0.39, 0.29) is 12.0 Å². The molecule has 0 saturated carbocycles. The molecule has 2 aliphatic rings. The van der Waals surface area contributed by atoms with Gasteiger partial charge in [0.15, 0.2) is 0 Å². The van der Waals surface area contributed by atoms with Gasteiger partial charge in [0.05, 0.1) is 0 Å². The summed E-state index contributed by atoms with van der Waals surface area (Å²) in [5.74, 6) is 0.154. The summed E-state index contributed by atoms with van der Waals surface area (Å²) in [4.78, 5) is 23.1. The molecule has 1 saturated heterocycles. The molecular weight excluding hydrogens is 254 g/mol. The van der Waals surface area contributed by atoms with Gasteiger partial charge >= 0.3 is 0 Å². The second-order valence-corrected chi connectivity index (χ2v) is 5.43. The first-order valence-electron chi connectivity index (χ1n) is 7.51. The number of nitrogens with zero attached hydrogens (tertiary/aromatic N) is 3. The van der Waals surface area contributed by atoms with E-state index in [1.54, 1.807) is 6.33 Å². The first-order valence-corrected chi connectivity index (χ1v) is 7.51. The number of amides is 1. The highest BCUT2D eigenvalue weighted by molar-refractivity contribution is 5.81. The van der Waals surface area contributed by atoms with E-state index in [0.717, 1.165) is 63.2 Å². The maximum absolute atomic E-state index is 12.4. The fraction of sp³-hybridized carbons (Fsp3) is 0.667. The van der Waals surface area contributed by atoms with Crippen LogP contribution in [0.2, 0.25) is 0 Å². The van der Waals surface area contributed by atoms with Crippen molar-refractivity contribution >= 4 is 5.91 Å². The number of fused-ring (bicyclic) bond motifs is 1. The fourth-order valence-corrected chi connectivity index (χ4v) is 3.10. The van der Waals surface area contributed by atoms with Crippen LogP contribution in [0.15, 0.2) is 6.33 Å². The van der Waals surface area contributed by atoms with Gasteiger partial charge in [-0.1, -0.05) is 6.92 Å². The molecule has 1 aromatic rings. The Morgan fingerprint density at radius 1 is 1.40 bits per heavy atom. The smallest absolute Gasteiger partial charge is 0.251 e. The number of hydrogen-bond acceptors (Lipinski definition) is 4. The lowest BCUT2D eigenvalue weighted by atomic mass is 10.1. The number of carbonyl (C=O) groups excluding carboxylic acids is 1. The van der Waals surface area contributed by atoms with E-state index in [4.69, 9.17) is 4.74 Å². The zero-order chi connectivity index (χ0) is 13.9. The van der Waals surface area contributed by atoms with Crippen LogP contribution in [0.5, 0.6) is 0 Å². The Kier molecular flexibility index (Phi) is 3.96. The van der Waals surface area contributed by atoms with Crippen molar-refractivity contribution in [3.8, 4) is 0 Å². The third kappa shape index (κ3) is 2.54. The molecule has 3 rings (SSSR count). The highest BCUT2D eigenvalue weighted by Gasteiger charge is 2.29. The predicted octanol–water partition coefficient (Wildman–Crippen LogP) is 1.15. The summed E-state index contributed by atoms with van der Waals surface area (Å²) in [5, 5.41) is 0. The van der Waals surface area contributed by atoms with Gasteiger partial charge in [0.1, 0.15) is 12.4 Å². The van der Waals surface area contributed by atoms with Crippen molar-refractivity contribution in [3.05, 3.63) is 23.3 Å². The van der Waals surface area contributed by atoms with Gasteiger partial charge in [0.25, 0.3) is 5.91 Å². The van der Waals surface area contributed by atoms with Crippen LogP contribution in [0.25, 0.3) is 0 Å². The quantitative estimate of drug-likeness (QED) is 0.812. The SMILES string of the molecule is CCc1ncnc2c1CCN(C(=O)[C@@H]1CCCO1)CC2. The third-order valence-corrected chi connectivity index (χ3v) is 4.23. The predicted molar refractivity (Wildman–Crippen MR) is 74.4 cm³/mol. The van der Waals surface area contributed by atoms with Crippen molar-refractivity contribution in [2.45, 2.75) is 45.1 Å². The molecular formula is C15H21N3O2. The maximum Gasteiger partial charge on any atom is 0.251 e. The molecule has 1 amide bonds. The Labute approximate surface area is 119 Å². The van der Waals surface area contributed by atoms with E-state index in [2.05, 4.69) is 16.9 Å². The summed E-state index contributed by atoms with van der Waals surface area (Å²) >= 11 is 0. The molecule has 0 spiro atoms. The minimum Gasteiger partial charge on any atom is -0.368 e. The third-order valence-electron chi connectivity index (χ3n) is 4.23. The summed E-state index contributed by atoms with van der Waals surface area (Å²) in [6.07, 6.45) is 5.90. The first kappa shape index (κ1) is 13.5. The number of ether oxygens (including phenoxy) is 1. The van der Waals surface area contributed by atoms with E-state index >= 15 is 0 Å². The molecule has 5 nitrogen and oxygen atoms in total. The van der Waals surface area contributed by atoms with Crippen molar-refractivity contribution in [1.29, 1.82) is 0 Å². The van der Waals surface area contributed by atoms with Gasteiger partial charge in [-0.25, -0.2) is 9.97 Å². The van der Waals surface area contributed by atoms with Crippen LogP contribution in [0.1, 0.15) is 36.7 Å². The average molecular weight is 275 g/mol. The van der Waals surface area contributed by atoms with Gasteiger partial charge in [-0.05, 0) is 31.2 Å². The second-order valence-electron chi connectivity index (χ2n) is 5.43. The van der Waals surface area contributed by atoms with Crippen LogP contribution >= 0.6 is 0 Å². The Bertz CT molecular complexity index is 498. The Morgan fingerprint density at radius 2 is 2.25 bits per heavy atom. The van der Waals surface area contributed by atoms with Crippen molar-refractivity contribution in [1.82, 2.24) is 14.9 Å². The number of rotatable bonds is 2. The molecule has 1 atom stereocenters. The molecule has 0 aromatic carbocycles. The molecule has 1 aromatic heterocycles. The molecule has 0 aliphatic carbocycles. The molecule has 0 N–H and O–H groups in total. The van der Waals surface area contributed by atoms with Crippen LogP contribution in [-0.2, 0) is 28.8 Å². The van der Waals surface area contributed by atoms with E-state index < -0.39 is 0 Å². The van der Waals surface area contributed by atoms with Crippen LogP contribution in [0.3, 0.4) is 0 Å². The van der Waals surface area contributed by atoms with Crippen molar-refractivity contribution in [3.63, 3.8) is 0 Å². The second kappa shape index (κ2) is 5.87. The molecule has 0 radical (unpaired) electrons. The van der Waals surface area contributed by atoms with Crippen LogP contribution in [0.4, 0.5) is 0 Å². The number of hydrogen-bond donors (Lipinski definition) is 0. The highest BCUT2D eigenvalue weighted by Crippen LogP contribution is 2.20. The fourth-order valence-electron chi connectivity index (χ4n) is 3.10. The van der Waals surface area contributed by atoms with Crippen LogP contribution in [-0.4, -0.2) is 46.6 Å². The zero-order valence-electron chi connectivity index (χ0n) is 12.0. The standard InChI is InChI=1S/C15H21N3O2/c1-2-12-11-5-7-18(8-6-13(11)17-10-16-12)15(19)14-4-3-9-20-14/h10,14H,2-9H2,1H3/t14-/m0/s1. The lowest BCUT2D eigenvalue weighted by Crippen LogP contribution is -2.40. The molecule has 20 heavy (non-hydrogen) atoms. The summed E-state index contributed by atoms with van der Waals surface area (Å²) in [5.41, 5.74) is 3.48. The number of aryl methyl sites for hydroxylation is 1. The molecule has 108 valence electrons. The van der Waals surface area contributed by atoms with Gasteiger partial charge < -0.3 is 9.64 Å². The van der Waals surface area contributed by atoms with Gasteiger partial charge in [-0.3, -0.25) is 4.79 Å². The molecule has 1 fully saturated rings. The highest BCUT2D eigenvalue weighted by atomic mass is 16.5. The number of aromatic nitrogens is 2. The van der Waals surface area contributed by atoms with E-state index in [1.807, 2.05) is 4.90 Å². The molecule has 0 bridgehead atoms. The van der Waals surface area contributed by atoms with Gasteiger partial charge in [-0.15, -0.1) is 0 Å². The first-order chi connectivity index (χ1) is 9.79. The lowest BCUT2D eigenvalue weighted by molar-refractivity contribution is -0.140. The van der Waals surface area contributed by atoms with Crippen molar-refractivity contribution in [2.75, 3.05) is 19.7 Å². The van der Waals surface area contributed by atoms with E-state index in [1.165, 1.54) is 5.56 Å². The summed E-state index contributed by atoms with van der Waals surface area (Å²) in [7, 11) is 0. The largest absolute Gasteiger partial charge is 0.368 e. The molecule has 3 heterocycles. The zero-order valence-corrected chi connectivity index (χ0v) is 12.0. The van der Waals surface area contributed by atoms with Gasteiger partial charge in [0.2, 0.25) is 0 Å². The minimum atomic E-state index is -0.215. The normalized spacial score (nSPS) is 22.4. The monoisotopic (exact) mass is 275 g/mol. The minimum absolute atomic E-state index is 0.154. The Balaban J connectivity index is 1.73. The summed E-state index contributed by atoms with van der Waals surface area (Å²) < 4.78 is 5.51. The van der Waals surface area contributed by atoms with Crippen molar-refractivity contribution in [2.24, 2.45) is 0 Å². The average Bonchev–Trinajstić information content (AvgIpc) is 2.92. The van der Waals surface area contributed by atoms with Crippen LogP contribution in [0, 0.1) is 0 Å². The van der Waals surface area contributed by atoms with Gasteiger partial charge in [0, 0.05) is 37.5 Å². The summed E-state index contributed by atoms with van der Waals surface area (Å²) in [6, 6.07) is 0. The number of carbonyl (C=O) groups is 1. The maximum atomic E-state index is 12.4. The lowest BCUT2D eigenvalue weighted by Gasteiger charge is -2.23. The van der Waals surface area contributed by atoms with Crippen molar-refractivity contribution < 1.29 is 9.53 Å². The molecule has 2 aliphatic heterocycles. The van der Waals surface area contributed by atoms with E-state index in [9.17, 15) is 4.79 Å². The van der Waals surface area contributed by atoms with Gasteiger partial charge in [-0.2, -0.15) is 0 Å². The topological polar surface area (TPSA) is 55.3 Å². The van der Waals surface area contributed by atoms with Crippen LogP contribution < -0.4 is 0 Å². The molecule has 5 heteroatoms. The molecule has 0 unspecified atom stereocenters. The van der Waals surface area contributed by atoms with E-state index in [0.29, 0.717) is 0 Å². The Morgan fingerprint density at radius 3 is 3.00 bits per heavy atom. The summed E-state index contributed by atoms with van der Waals surface area (Å²) in [6.45, 7) is 4.33.